The molecule has 1 heteroatoms. The van der Waals surface area contributed by atoms with Crippen LogP contribution in [0.3, 0.4) is 0 Å². The van der Waals surface area contributed by atoms with Crippen LogP contribution in [0.25, 0.3) is 33.0 Å². The SMILES string of the molecule is CC(=O)Cc1ccc2cccc3c2c1-c1ccccc1-3. The molecule has 3 aromatic rings. The van der Waals surface area contributed by atoms with Crippen LogP contribution in [0, 0.1) is 0 Å². The molecule has 0 bridgehead atoms. The first kappa shape index (κ1) is 11.4. The summed E-state index contributed by atoms with van der Waals surface area (Å²) < 4.78 is 0. The summed E-state index contributed by atoms with van der Waals surface area (Å²) in [7, 11) is 0. The molecule has 0 spiro atoms. The van der Waals surface area contributed by atoms with Crippen molar-refractivity contribution in [1.82, 2.24) is 0 Å². The molecule has 0 saturated heterocycles. The maximum Gasteiger partial charge on any atom is 0.134 e. The Bertz CT molecular complexity index is 859. The summed E-state index contributed by atoms with van der Waals surface area (Å²) in [6.07, 6.45) is 0.508. The molecule has 0 unspecified atom stereocenters. The van der Waals surface area contributed by atoms with E-state index in [2.05, 4.69) is 54.6 Å². The summed E-state index contributed by atoms with van der Waals surface area (Å²) in [5.74, 6) is 0.211. The van der Waals surface area contributed by atoms with Crippen molar-refractivity contribution in [3.05, 3.63) is 60.2 Å². The number of carbonyl (C=O) groups excluding carboxylic acids is 1. The standard InChI is InChI=1S/C19H14O/c1-12(20)11-14-10-9-13-5-4-8-17-15-6-2-3-7-16(15)19(14)18(13)17/h2-10H,11H2,1H3. The second-order valence-corrected chi connectivity index (χ2v) is 5.43. The zero-order valence-corrected chi connectivity index (χ0v) is 11.3. The highest BCUT2D eigenvalue weighted by Crippen LogP contribution is 2.48. The van der Waals surface area contributed by atoms with Gasteiger partial charge in [0.1, 0.15) is 5.78 Å². The van der Waals surface area contributed by atoms with Gasteiger partial charge in [-0.3, -0.25) is 4.79 Å². The minimum Gasteiger partial charge on any atom is -0.300 e. The van der Waals surface area contributed by atoms with Gasteiger partial charge < -0.3 is 0 Å². The average molecular weight is 258 g/mol. The van der Waals surface area contributed by atoms with Crippen LogP contribution in [-0.2, 0) is 11.2 Å². The van der Waals surface area contributed by atoms with Crippen molar-refractivity contribution in [2.75, 3.05) is 0 Å². The summed E-state index contributed by atoms with van der Waals surface area (Å²) in [5.41, 5.74) is 6.23. The Morgan fingerprint density at radius 1 is 0.850 bits per heavy atom. The molecule has 0 saturated carbocycles. The fraction of sp³-hybridized carbons (Fsp3) is 0.105. The molecule has 0 heterocycles. The van der Waals surface area contributed by atoms with E-state index in [-0.39, 0.29) is 5.78 Å². The zero-order chi connectivity index (χ0) is 13.7. The second kappa shape index (κ2) is 4.04. The van der Waals surface area contributed by atoms with Crippen molar-refractivity contribution in [2.24, 2.45) is 0 Å². The molecule has 1 aliphatic rings. The van der Waals surface area contributed by atoms with Gasteiger partial charge in [-0.15, -0.1) is 0 Å². The predicted molar refractivity (Wildman–Crippen MR) is 82.8 cm³/mol. The number of fused-ring (bicyclic) bond motifs is 3. The fourth-order valence-electron chi connectivity index (χ4n) is 3.31. The van der Waals surface area contributed by atoms with E-state index in [0.717, 1.165) is 5.56 Å². The van der Waals surface area contributed by atoms with Crippen LogP contribution in [-0.4, -0.2) is 5.78 Å². The lowest BCUT2D eigenvalue weighted by atomic mass is 9.95. The van der Waals surface area contributed by atoms with Crippen LogP contribution in [0.15, 0.2) is 54.6 Å². The quantitative estimate of drug-likeness (QED) is 0.513. The monoisotopic (exact) mass is 258 g/mol. The summed E-state index contributed by atoms with van der Waals surface area (Å²) in [5, 5.41) is 2.55. The Kier molecular flexibility index (Phi) is 2.31. The molecule has 4 rings (SSSR count). The van der Waals surface area contributed by atoms with Crippen LogP contribution >= 0.6 is 0 Å². The normalized spacial score (nSPS) is 11.7. The summed E-state index contributed by atoms with van der Waals surface area (Å²) in [6.45, 7) is 1.66. The van der Waals surface area contributed by atoms with Gasteiger partial charge in [-0.1, -0.05) is 54.6 Å². The third-order valence-corrected chi connectivity index (χ3v) is 4.06. The maximum atomic E-state index is 11.5. The number of hydrogen-bond acceptors (Lipinski definition) is 1. The maximum absolute atomic E-state index is 11.5. The number of benzene rings is 3. The van der Waals surface area contributed by atoms with Gasteiger partial charge in [-0.2, -0.15) is 0 Å². The molecule has 0 fully saturated rings. The first-order chi connectivity index (χ1) is 9.75. The molecule has 0 atom stereocenters. The minimum absolute atomic E-state index is 0.211. The van der Waals surface area contributed by atoms with Crippen LogP contribution in [0.4, 0.5) is 0 Å². The number of rotatable bonds is 2. The van der Waals surface area contributed by atoms with Gasteiger partial charge in [-0.25, -0.2) is 0 Å². The number of carbonyl (C=O) groups is 1. The predicted octanol–water partition coefficient (Wildman–Crippen LogP) is 4.62. The Morgan fingerprint density at radius 3 is 2.40 bits per heavy atom. The largest absolute Gasteiger partial charge is 0.300 e. The van der Waals surface area contributed by atoms with Crippen molar-refractivity contribution in [2.45, 2.75) is 13.3 Å². The first-order valence-electron chi connectivity index (χ1n) is 6.89. The number of hydrogen-bond donors (Lipinski definition) is 0. The van der Waals surface area contributed by atoms with E-state index in [1.54, 1.807) is 6.92 Å². The smallest absolute Gasteiger partial charge is 0.134 e. The summed E-state index contributed by atoms with van der Waals surface area (Å²) in [4.78, 5) is 11.5. The number of Topliss-reactive ketones (excluding diaryl/α,β-unsaturated/α-hetero) is 1. The van der Waals surface area contributed by atoms with Crippen LogP contribution < -0.4 is 0 Å². The number of ketones is 1. The molecule has 0 aliphatic heterocycles. The Hall–Kier alpha value is -2.41. The third-order valence-electron chi connectivity index (χ3n) is 4.06. The molecule has 1 nitrogen and oxygen atoms in total. The van der Waals surface area contributed by atoms with Crippen molar-refractivity contribution in [3.8, 4) is 22.3 Å². The molecule has 0 radical (unpaired) electrons. The van der Waals surface area contributed by atoms with Gasteiger partial charge in [0.15, 0.2) is 0 Å². The fourth-order valence-corrected chi connectivity index (χ4v) is 3.31. The van der Waals surface area contributed by atoms with Gasteiger partial charge >= 0.3 is 0 Å². The third kappa shape index (κ3) is 1.47. The first-order valence-corrected chi connectivity index (χ1v) is 6.89. The Labute approximate surface area is 117 Å². The molecule has 3 aromatic carbocycles. The highest BCUT2D eigenvalue weighted by atomic mass is 16.1. The van der Waals surface area contributed by atoms with Gasteiger partial charge in [0.25, 0.3) is 0 Å². The average Bonchev–Trinajstić information content (AvgIpc) is 2.79. The van der Waals surface area contributed by atoms with Crippen molar-refractivity contribution >= 4 is 16.6 Å². The summed E-state index contributed by atoms with van der Waals surface area (Å²) >= 11 is 0. The van der Waals surface area contributed by atoms with Crippen LogP contribution in [0.5, 0.6) is 0 Å². The molecule has 0 aromatic heterocycles. The van der Waals surface area contributed by atoms with Crippen LogP contribution in [0.2, 0.25) is 0 Å². The van der Waals surface area contributed by atoms with E-state index in [1.807, 2.05) is 0 Å². The highest BCUT2D eigenvalue weighted by Gasteiger charge is 2.23. The highest BCUT2D eigenvalue weighted by molar-refractivity contribution is 6.16. The van der Waals surface area contributed by atoms with Crippen molar-refractivity contribution in [1.29, 1.82) is 0 Å². The van der Waals surface area contributed by atoms with E-state index >= 15 is 0 Å². The molecule has 1 aliphatic carbocycles. The van der Waals surface area contributed by atoms with E-state index in [0.29, 0.717) is 6.42 Å². The lowest BCUT2D eigenvalue weighted by Crippen LogP contribution is -1.98. The lowest BCUT2D eigenvalue weighted by Gasteiger charge is -2.08. The second-order valence-electron chi connectivity index (χ2n) is 5.43. The molecular weight excluding hydrogens is 244 g/mol. The zero-order valence-electron chi connectivity index (χ0n) is 11.3. The molecular formula is C19H14O. The van der Waals surface area contributed by atoms with Crippen molar-refractivity contribution < 1.29 is 4.79 Å². The molecule has 96 valence electrons. The van der Waals surface area contributed by atoms with Crippen LogP contribution in [0.1, 0.15) is 12.5 Å². The van der Waals surface area contributed by atoms with Gasteiger partial charge in [0.05, 0.1) is 0 Å². The molecule has 0 N–H and O–H groups in total. The summed E-state index contributed by atoms with van der Waals surface area (Å²) in [6, 6.07) is 19.1. The van der Waals surface area contributed by atoms with Gasteiger partial charge in [-0.05, 0) is 45.5 Å². The van der Waals surface area contributed by atoms with E-state index in [4.69, 9.17) is 0 Å². The van der Waals surface area contributed by atoms with E-state index in [9.17, 15) is 4.79 Å². The topological polar surface area (TPSA) is 17.1 Å². The van der Waals surface area contributed by atoms with Crippen molar-refractivity contribution in [3.63, 3.8) is 0 Å². The Morgan fingerprint density at radius 2 is 1.60 bits per heavy atom. The Balaban J connectivity index is 2.15. The van der Waals surface area contributed by atoms with E-state index in [1.165, 1.54) is 33.0 Å². The van der Waals surface area contributed by atoms with E-state index < -0.39 is 0 Å². The molecule has 0 amide bonds. The van der Waals surface area contributed by atoms with Gasteiger partial charge in [0.2, 0.25) is 0 Å². The minimum atomic E-state index is 0.211. The molecule has 20 heavy (non-hydrogen) atoms. The lowest BCUT2D eigenvalue weighted by molar-refractivity contribution is -0.116. The van der Waals surface area contributed by atoms with Gasteiger partial charge in [0, 0.05) is 6.42 Å².